The SMILES string of the molecule is COc1cccc(NC2CCN(C)CC2C)n1. The van der Waals surface area contributed by atoms with Crippen molar-refractivity contribution in [3.8, 4) is 5.88 Å². The largest absolute Gasteiger partial charge is 0.481 e. The van der Waals surface area contributed by atoms with E-state index in [0.29, 0.717) is 17.8 Å². The summed E-state index contributed by atoms with van der Waals surface area (Å²) in [5, 5.41) is 3.51. The second kappa shape index (κ2) is 5.36. The molecule has 0 bridgehead atoms. The Kier molecular flexibility index (Phi) is 3.84. The number of methoxy groups -OCH3 is 1. The van der Waals surface area contributed by atoms with Crippen molar-refractivity contribution in [2.75, 3.05) is 32.6 Å². The molecule has 0 spiro atoms. The van der Waals surface area contributed by atoms with Crippen molar-refractivity contribution in [1.82, 2.24) is 9.88 Å². The number of piperidine rings is 1. The van der Waals surface area contributed by atoms with Gasteiger partial charge in [-0.15, -0.1) is 0 Å². The average Bonchev–Trinajstić information content (AvgIpc) is 2.33. The topological polar surface area (TPSA) is 37.4 Å². The van der Waals surface area contributed by atoms with E-state index in [9.17, 15) is 0 Å². The summed E-state index contributed by atoms with van der Waals surface area (Å²) in [6.07, 6.45) is 1.16. The zero-order valence-corrected chi connectivity index (χ0v) is 10.8. The van der Waals surface area contributed by atoms with Crippen LogP contribution in [0.2, 0.25) is 0 Å². The van der Waals surface area contributed by atoms with E-state index in [1.807, 2.05) is 18.2 Å². The van der Waals surface area contributed by atoms with Crippen LogP contribution in [0.5, 0.6) is 5.88 Å². The van der Waals surface area contributed by atoms with E-state index in [1.54, 1.807) is 7.11 Å². The lowest BCUT2D eigenvalue weighted by atomic mass is 9.94. The number of hydrogen-bond acceptors (Lipinski definition) is 4. The van der Waals surface area contributed by atoms with Crippen molar-refractivity contribution in [2.45, 2.75) is 19.4 Å². The van der Waals surface area contributed by atoms with Crippen molar-refractivity contribution < 1.29 is 4.74 Å². The molecule has 1 aromatic heterocycles. The lowest BCUT2D eigenvalue weighted by molar-refractivity contribution is 0.206. The highest BCUT2D eigenvalue weighted by Crippen LogP contribution is 2.20. The third kappa shape index (κ3) is 3.09. The van der Waals surface area contributed by atoms with Gasteiger partial charge in [0.05, 0.1) is 7.11 Å². The molecule has 1 aromatic rings. The first-order valence-corrected chi connectivity index (χ1v) is 6.15. The molecule has 1 aliphatic heterocycles. The van der Waals surface area contributed by atoms with E-state index in [2.05, 4.69) is 29.2 Å². The Hall–Kier alpha value is -1.29. The number of rotatable bonds is 3. The zero-order chi connectivity index (χ0) is 12.3. The fourth-order valence-electron chi connectivity index (χ4n) is 2.37. The summed E-state index contributed by atoms with van der Waals surface area (Å²) in [5.74, 6) is 2.21. The van der Waals surface area contributed by atoms with Crippen LogP contribution < -0.4 is 10.1 Å². The van der Waals surface area contributed by atoms with Gasteiger partial charge in [0.15, 0.2) is 0 Å². The quantitative estimate of drug-likeness (QED) is 0.867. The lowest BCUT2D eigenvalue weighted by Gasteiger charge is -2.35. The molecule has 1 saturated heterocycles. The summed E-state index contributed by atoms with van der Waals surface area (Å²) in [6, 6.07) is 6.33. The monoisotopic (exact) mass is 235 g/mol. The zero-order valence-electron chi connectivity index (χ0n) is 10.8. The Morgan fingerprint density at radius 1 is 1.47 bits per heavy atom. The fraction of sp³-hybridized carbons (Fsp3) is 0.615. The van der Waals surface area contributed by atoms with Gasteiger partial charge in [-0.05, 0) is 32.0 Å². The van der Waals surface area contributed by atoms with Gasteiger partial charge in [-0.3, -0.25) is 0 Å². The van der Waals surface area contributed by atoms with Gasteiger partial charge in [0.2, 0.25) is 5.88 Å². The van der Waals surface area contributed by atoms with E-state index in [0.717, 1.165) is 25.3 Å². The summed E-state index contributed by atoms with van der Waals surface area (Å²) >= 11 is 0. The molecule has 0 amide bonds. The van der Waals surface area contributed by atoms with E-state index >= 15 is 0 Å². The second-order valence-electron chi connectivity index (χ2n) is 4.84. The van der Waals surface area contributed by atoms with Crippen LogP contribution in [0.25, 0.3) is 0 Å². The van der Waals surface area contributed by atoms with Gasteiger partial charge in [-0.2, -0.15) is 4.98 Å². The van der Waals surface area contributed by atoms with Crippen LogP contribution in [0.3, 0.4) is 0 Å². The molecular weight excluding hydrogens is 214 g/mol. The minimum atomic E-state index is 0.505. The number of anilines is 1. The maximum Gasteiger partial charge on any atom is 0.214 e. The van der Waals surface area contributed by atoms with Crippen LogP contribution in [0, 0.1) is 5.92 Å². The highest BCUT2D eigenvalue weighted by molar-refractivity contribution is 5.38. The lowest BCUT2D eigenvalue weighted by Crippen LogP contribution is -2.43. The molecule has 2 heterocycles. The highest BCUT2D eigenvalue weighted by atomic mass is 16.5. The first-order valence-electron chi connectivity index (χ1n) is 6.15. The smallest absolute Gasteiger partial charge is 0.214 e. The number of aromatic nitrogens is 1. The predicted molar refractivity (Wildman–Crippen MR) is 69.5 cm³/mol. The summed E-state index contributed by atoms with van der Waals surface area (Å²) in [6.45, 7) is 4.57. The van der Waals surface area contributed by atoms with Crippen molar-refractivity contribution in [1.29, 1.82) is 0 Å². The van der Waals surface area contributed by atoms with Crippen LogP contribution >= 0.6 is 0 Å². The second-order valence-corrected chi connectivity index (χ2v) is 4.84. The van der Waals surface area contributed by atoms with Gasteiger partial charge in [-0.1, -0.05) is 13.0 Å². The third-order valence-corrected chi connectivity index (χ3v) is 3.37. The Labute approximate surface area is 103 Å². The van der Waals surface area contributed by atoms with Gasteiger partial charge >= 0.3 is 0 Å². The van der Waals surface area contributed by atoms with Crippen LogP contribution in [0.1, 0.15) is 13.3 Å². The highest BCUT2D eigenvalue weighted by Gasteiger charge is 2.24. The van der Waals surface area contributed by atoms with Gasteiger partial charge in [0.25, 0.3) is 0 Å². The maximum absolute atomic E-state index is 5.13. The number of ether oxygens (including phenoxy) is 1. The molecule has 2 rings (SSSR count). The maximum atomic E-state index is 5.13. The summed E-state index contributed by atoms with van der Waals surface area (Å²) < 4.78 is 5.13. The molecule has 0 radical (unpaired) electrons. The summed E-state index contributed by atoms with van der Waals surface area (Å²) in [7, 11) is 3.82. The van der Waals surface area contributed by atoms with Crippen LogP contribution in [-0.2, 0) is 0 Å². The van der Waals surface area contributed by atoms with Gasteiger partial charge in [-0.25, -0.2) is 0 Å². The number of nitrogens with one attached hydrogen (secondary N) is 1. The number of likely N-dealkylation sites (tertiary alicyclic amines) is 1. The molecule has 0 aromatic carbocycles. The van der Waals surface area contributed by atoms with Gasteiger partial charge in [0, 0.05) is 18.7 Å². The molecule has 1 aliphatic rings. The first kappa shape index (κ1) is 12.2. The van der Waals surface area contributed by atoms with Crippen LogP contribution in [0.15, 0.2) is 18.2 Å². The van der Waals surface area contributed by atoms with Crippen molar-refractivity contribution >= 4 is 5.82 Å². The Balaban J connectivity index is 2.00. The average molecular weight is 235 g/mol. The Morgan fingerprint density at radius 3 is 3.00 bits per heavy atom. The van der Waals surface area contributed by atoms with Crippen molar-refractivity contribution in [3.63, 3.8) is 0 Å². The van der Waals surface area contributed by atoms with E-state index in [1.165, 1.54) is 0 Å². The molecule has 2 unspecified atom stereocenters. The van der Waals surface area contributed by atoms with Gasteiger partial charge < -0.3 is 15.0 Å². The minimum Gasteiger partial charge on any atom is -0.481 e. The number of hydrogen-bond donors (Lipinski definition) is 1. The Bertz CT molecular complexity index is 369. The molecule has 1 N–H and O–H groups in total. The third-order valence-electron chi connectivity index (χ3n) is 3.37. The fourth-order valence-corrected chi connectivity index (χ4v) is 2.37. The van der Waals surface area contributed by atoms with E-state index in [-0.39, 0.29) is 0 Å². The molecule has 2 atom stereocenters. The van der Waals surface area contributed by atoms with Crippen molar-refractivity contribution in [2.24, 2.45) is 5.92 Å². The van der Waals surface area contributed by atoms with Crippen LogP contribution in [0.4, 0.5) is 5.82 Å². The molecule has 94 valence electrons. The van der Waals surface area contributed by atoms with E-state index in [4.69, 9.17) is 4.74 Å². The first-order chi connectivity index (χ1) is 8.19. The van der Waals surface area contributed by atoms with E-state index < -0.39 is 0 Å². The summed E-state index contributed by atoms with van der Waals surface area (Å²) in [5.41, 5.74) is 0. The minimum absolute atomic E-state index is 0.505. The summed E-state index contributed by atoms with van der Waals surface area (Å²) in [4.78, 5) is 6.77. The molecule has 0 saturated carbocycles. The number of nitrogens with zero attached hydrogens (tertiary/aromatic N) is 2. The molecular formula is C13H21N3O. The van der Waals surface area contributed by atoms with Crippen molar-refractivity contribution in [3.05, 3.63) is 18.2 Å². The molecule has 4 heteroatoms. The Morgan fingerprint density at radius 2 is 2.29 bits per heavy atom. The standard InChI is InChI=1S/C13H21N3O/c1-10-9-16(2)8-7-11(10)14-12-5-4-6-13(15-12)17-3/h4-6,10-11H,7-9H2,1-3H3,(H,14,15). The molecule has 0 aliphatic carbocycles. The van der Waals surface area contributed by atoms with Gasteiger partial charge in [0.1, 0.15) is 5.82 Å². The number of pyridine rings is 1. The van der Waals surface area contributed by atoms with Crippen LogP contribution in [-0.4, -0.2) is 43.2 Å². The predicted octanol–water partition coefficient (Wildman–Crippen LogP) is 1.84. The molecule has 4 nitrogen and oxygen atoms in total. The normalized spacial score (nSPS) is 25.6. The molecule has 1 fully saturated rings. The molecule has 17 heavy (non-hydrogen) atoms.